The van der Waals surface area contributed by atoms with Gasteiger partial charge >= 0.3 is 0 Å². The summed E-state index contributed by atoms with van der Waals surface area (Å²) in [6, 6.07) is 3.35. The molecule has 0 heteroatoms. The molecule has 0 aliphatic carbocycles. The molecule has 0 N–H and O–H groups in total. The van der Waals surface area contributed by atoms with E-state index in [-0.39, 0.29) is 16.7 Å². The third-order valence-electron chi connectivity index (χ3n) is 8.60. The van der Waals surface area contributed by atoms with Crippen LogP contribution in [-0.2, 0) is 0 Å². The van der Waals surface area contributed by atoms with Crippen molar-refractivity contribution >= 4 is 0 Å². The molecule has 55 heavy (non-hydrogen) atoms. The maximum Gasteiger partial charge on any atom is 0.0636 e. The van der Waals surface area contributed by atoms with E-state index in [4.69, 9.17) is 23.3 Å². The first kappa shape index (κ1) is 16.6. The maximum absolute atomic E-state index is 9.49. The zero-order valence-corrected chi connectivity index (χ0v) is 29.0. The van der Waals surface area contributed by atoms with Crippen LogP contribution in [0.2, 0.25) is 0 Å². The smallest absolute Gasteiger partial charge is 0.0622 e. The van der Waals surface area contributed by atoms with Crippen molar-refractivity contribution in [3.8, 4) is 89.0 Å². The van der Waals surface area contributed by atoms with Crippen LogP contribution in [0.1, 0.15) is 38.5 Å². The lowest BCUT2D eigenvalue weighted by Crippen LogP contribution is -1.85. The molecule has 0 saturated heterocycles. The molecule has 260 valence electrons. The Hall–Kier alpha value is -7.02. The molecular formula is C55H40. The number of rotatable bonds is 8. The van der Waals surface area contributed by atoms with Crippen molar-refractivity contribution in [1.29, 1.82) is 0 Å². The quantitative estimate of drug-likeness (QED) is 0.146. The van der Waals surface area contributed by atoms with E-state index >= 15 is 0 Å². The fourth-order valence-electron chi connectivity index (χ4n) is 5.77. The Bertz CT molecular complexity index is 4030. The van der Waals surface area contributed by atoms with Crippen LogP contribution >= 0.6 is 0 Å². The highest BCUT2D eigenvalue weighted by molar-refractivity contribution is 5.81. The van der Waals surface area contributed by atoms with Gasteiger partial charge in [0.1, 0.15) is 0 Å². The maximum atomic E-state index is 9.49. The molecule has 0 aliphatic rings. The van der Waals surface area contributed by atoms with Gasteiger partial charge < -0.3 is 0 Å². The first-order valence-corrected chi connectivity index (χ1v) is 17.1. The zero-order chi connectivity index (χ0) is 57.9. The Morgan fingerprint density at radius 3 is 0.982 bits per heavy atom. The summed E-state index contributed by atoms with van der Waals surface area (Å²) in [5.41, 5.74) is -3.97. The summed E-state index contributed by atoms with van der Waals surface area (Å²) >= 11 is 0. The van der Waals surface area contributed by atoms with E-state index in [0.29, 0.717) is 5.56 Å². The molecule has 0 bridgehead atoms. The molecule has 9 aromatic rings. The second kappa shape index (κ2) is 15.1. The molecule has 0 saturated carbocycles. The molecule has 0 fully saturated rings. The fraction of sp³-hybridized carbons (Fsp3) is 0.0182. The summed E-state index contributed by atoms with van der Waals surface area (Å²) in [7, 11) is 0. The predicted molar refractivity (Wildman–Crippen MR) is 235 cm³/mol. The van der Waals surface area contributed by atoms with Crippen LogP contribution in [0, 0.1) is 6.92 Å². The molecular weight excluding hydrogens is 661 g/mol. The molecule has 0 radical (unpaired) electrons. The van der Waals surface area contributed by atoms with Gasteiger partial charge in [0, 0.05) is 0 Å². The Balaban J connectivity index is 1.22. The zero-order valence-electron chi connectivity index (χ0n) is 53.0. The van der Waals surface area contributed by atoms with Crippen LogP contribution in [0.4, 0.5) is 0 Å². The molecule has 0 aromatic heterocycles. The van der Waals surface area contributed by atoms with Gasteiger partial charge in [0.2, 0.25) is 0 Å². The number of hydrogen-bond donors (Lipinski definition) is 0. The summed E-state index contributed by atoms with van der Waals surface area (Å²) in [5, 5.41) is 0. The number of benzene rings is 9. The predicted octanol–water partition coefficient (Wildman–Crippen LogP) is 15.3. The fourth-order valence-corrected chi connectivity index (χ4v) is 5.77. The molecule has 0 spiro atoms. The van der Waals surface area contributed by atoms with Crippen molar-refractivity contribution in [3.63, 3.8) is 0 Å². The standard InChI is InChI=1S/C55H40/c1-39-19-21-41(22-20-39)43-25-29-45(30-26-43)49-12-6-16-53(36-49)55-18-8-14-51(38-55)47-33-31-46(32-34-47)50-13-7-17-54(37-50)52-15-5-11-48(35-52)44-27-23-42(24-28-44)40-9-3-2-4-10-40/h2-38H,1H3/i6D,7D,8D,12D,13D,14D,16D,17D,18D,19D,20D,21D,22D,25D,26D,29D,30D,31D,32D,33D,34D,36D,37D,38D. The van der Waals surface area contributed by atoms with Gasteiger partial charge in [-0.1, -0.05) is 205 Å². The van der Waals surface area contributed by atoms with E-state index < -0.39 is 201 Å². The van der Waals surface area contributed by atoms with E-state index in [2.05, 4.69) is 0 Å². The van der Waals surface area contributed by atoms with E-state index in [1.54, 1.807) is 24.3 Å². The first-order valence-electron chi connectivity index (χ1n) is 29.1. The van der Waals surface area contributed by atoms with Crippen molar-refractivity contribution in [1.82, 2.24) is 0 Å². The first-order chi connectivity index (χ1) is 37.2. The monoisotopic (exact) mass is 724 g/mol. The van der Waals surface area contributed by atoms with Crippen LogP contribution in [0.25, 0.3) is 89.0 Å². The van der Waals surface area contributed by atoms with Gasteiger partial charge in [0.15, 0.2) is 0 Å². The minimum atomic E-state index is -1.03. The van der Waals surface area contributed by atoms with E-state index in [9.17, 15) is 9.60 Å². The summed E-state index contributed by atoms with van der Waals surface area (Å²) in [6.07, 6.45) is 0. The van der Waals surface area contributed by atoms with Crippen molar-refractivity contribution in [3.05, 3.63) is 229 Å². The molecule has 0 nitrogen and oxygen atoms in total. The third kappa shape index (κ3) is 7.45. The lowest BCUT2D eigenvalue weighted by atomic mass is 9.94. The minimum Gasteiger partial charge on any atom is -0.0622 e. The van der Waals surface area contributed by atoms with Crippen LogP contribution in [0.5, 0.6) is 0 Å². The van der Waals surface area contributed by atoms with Gasteiger partial charge in [0.25, 0.3) is 0 Å². The SMILES string of the molecule is [2H]c1c([2H])c(-c2cccc(-c3ccc(-c4ccccc4)cc3)c2)c([2H])c(-c2c([2H])c([2H])c(-c3c([2H])c([2H])c([2H])c(-c4c([2H])c([2H])c([2H])c(-c5c([2H])c([2H])c(-c6c([2H])c([2H])c(C)c([2H])c6[2H])c([2H])c5[2H])c4[2H])c3[2H])c([2H])c2[2H])c1[2H]. The lowest BCUT2D eigenvalue weighted by molar-refractivity contribution is 1.47. The number of hydrogen-bond acceptors (Lipinski definition) is 0. The molecule has 0 atom stereocenters. The Morgan fingerprint density at radius 1 is 0.255 bits per heavy atom. The van der Waals surface area contributed by atoms with Gasteiger partial charge in [0.05, 0.1) is 32.9 Å². The third-order valence-corrected chi connectivity index (χ3v) is 8.60. The molecule has 0 unspecified atom stereocenters. The summed E-state index contributed by atoms with van der Waals surface area (Å²) in [5.74, 6) is 0. The topological polar surface area (TPSA) is 0 Å². The Morgan fingerprint density at radius 2 is 0.545 bits per heavy atom. The van der Waals surface area contributed by atoms with Crippen LogP contribution in [-0.4, -0.2) is 0 Å². The Labute approximate surface area is 358 Å². The van der Waals surface area contributed by atoms with Crippen molar-refractivity contribution in [2.24, 2.45) is 0 Å². The van der Waals surface area contributed by atoms with Crippen LogP contribution in [0.3, 0.4) is 0 Å². The second-order valence-corrected chi connectivity index (χ2v) is 12.3. The van der Waals surface area contributed by atoms with Crippen molar-refractivity contribution in [2.75, 3.05) is 0 Å². The second-order valence-electron chi connectivity index (χ2n) is 12.3. The van der Waals surface area contributed by atoms with E-state index in [0.717, 1.165) is 16.7 Å². The molecule has 9 rings (SSSR count). The highest BCUT2D eigenvalue weighted by Crippen LogP contribution is 2.34. The van der Waals surface area contributed by atoms with Gasteiger partial charge in [-0.25, -0.2) is 0 Å². The van der Waals surface area contributed by atoms with Crippen molar-refractivity contribution < 1.29 is 32.9 Å². The van der Waals surface area contributed by atoms with E-state index in [1.165, 1.54) is 6.92 Å². The Kier molecular flexibility index (Phi) is 4.56. The summed E-state index contributed by atoms with van der Waals surface area (Å²) in [4.78, 5) is 0. The van der Waals surface area contributed by atoms with Gasteiger partial charge in [-0.2, -0.15) is 0 Å². The van der Waals surface area contributed by atoms with Crippen molar-refractivity contribution in [2.45, 2.75) is 6.92 Å². The van der Waals surface area contributed by atoms with Crippen LogP contribution in [0.15, 0.2) is 224 Å². The average Bonchev–Trinajstić information content (AvgIpc) is 3.63. The lowest BCUT2D eigenvalue weighted by Gasteiger charge is -2.11. The highest BCUT2D eigenvalue weighted by Gasteiger charge is 2.08. The molecule has 0 heterocycles. The van der Waals surface area contributed by atoms with Gasteiger partial charge in [-0.15, -0.1) is 0 Å². The van der Waals surface area contributed by atoms with E-state index in [1.807, 2.05) is 54.6 Å². The molecule has 0 aliphatic heterocycles. The molecule has 9 aromatic carbocycles. The summed E-state index contributed by atoms with van der Waals surface area (Å²) < 4.78 is 216. The minimum absolute atomic E-state index is 0.0521. The normalized spacial score (nSPS) is 17.1. The van der Waals surface area contributed by atoms with Gasteiger partial charge in [-0.05, 0) is 120 Å². The molecule has 0 amide bonds. The summed E-state index contributed by atoms with van der Waals surface area (Å²) in [6.45, 7) is 1.32. The van der Waals surface area contributed by atoms with Crippen LogP contribution < -0.4 is 0 Å². The highest BCUT2D eigenvalue weighted by atomic mass is 14.1. The largest absolute Gasteiger partial charge is 0.0636 e. The average molecular weight is 725 g/mol. The van der Waals surface area contributed by atoms with Gasteiger partial charge in [-0.3, -0.25) is 0 Å².